The third-order valence-electron chi connectivity index (χ3n) is 4.63. The highest BCUT2D eigenvalue weighted by Gasteiger charge is 2.52. The van der Waals surface area contributed by atoms with Crippen molar-refractivity contribution < 1.29 is 18.8 Å². The van der Waals surface area contributed by atoms with E-state index in [9.17, 15) is 9.59 Å². The number of amides is 1. The van der Waals surface area contributed by atoms with Crippen molar-refractivity contribution in [2.45, 2.75) is 65.3 Å². The number of nitrogens with one attached hydrogen (secondary N) is 2. The second kappa shape index (κ2) is 7.93. The zero-order chi connectivity index (χ0) is 21.3. The first-order chi connectivity index (χ1) is 12.7. The van der Waals surface area contributed by atoms with Crippen LogP contribution in [-0.4, -0.2) is 41.5 Å². The summed E-state index contributed by atoms with van der Waals surface area (Å²) < 4.78 is 17.4. The summed E-state index contributed by atoms with van der Waals surface area (Å²) in [6.07, 6.45) is 2.45. The van der Waals surface area contributed by atoms with Gasteiger partial charge in [-0.15, -0.1) is 0 Å². The molecular formula is C19H28BClN2O5. The molecule has 9 heteroatoms. The van der Waals surface area contributed by atoms with E-state index in [4.69, 9.17) is 25.6 Å². The zero-order valence-corrected chi connectivity index (χ0v) is 18.2. The van der Waals surface area contributed by atoms with E-state index >= 15 is 0 Å². The number of carbonyl (C=O) groups excluding carboxylic acids is 1. The molecule has 2 heterocycles. The van der Waals surface area contributed by atoms with Crippen LogP contribution in [0, 0.1) is 0 Å². The summed E-state index contributed by atoms with van der Waals surface area (Å²) in [5.74, 6) is 0. The van der Waals surface area contributed by atoms with E-state index in [-0.39, 0.29) is 12.1 Å². The standard InChI is InChI=1S/C19H28BClN2O5/c1-17(2,3)26-16(25)23-10-13(8-12-9-14(21)11-22-15(12)24)20-27-18(4,5)19(6,7)28-20/h8-9,11H,10H2,1-7H3,(H,22,24)(H,23,25). The Morgan fingerprint density at radius 2 is 1.86 bits per heavy atom. The summed E-state index contributed by atoms with van der Waals surface area (Å²) in [7, 11) is -0.738. The first kappa shape index (κ1) is 22.5. The quantitative estimate of drug-likeness (QED) is 0.741. The fourth-order valence-corrected chi connectivity index (χ4v) is 2.64. The van der Waals surface area contributed by atoms with Crippen LogP contribution in [0.15, 0.2) is 22.5 Å². The molecule has 2 N–H and O–H groups in total. The molecule has 28 heavy (non-hydrogen) atoms. The van der Waals surface area contributed by atoms with Crippen LogP contribution in [0.5, 0.6) is 0 Å². The Balaban J connectivity index is 2.31. The summed E-state index contributed by atoms with van der Waals surface area (Å²) in [5, 5.41) is 3.08. The van der Waals surface area contributed by atoms with Gasteiger partial charge in [0.25, 0.3) is 5.56 Å². The molecule has 1 aliphatic rings. The molecule has 0 spiro atoms. The van der Waals surface area contributed by atoms with E-state index in [1.165, 1.54) is 6.20 Å². The average Bonchev–Trinajstić information content (AvgIpc) is 2.73. The van der Waals surface area contributed by atoms with E-state index in [2.05, 4.69) is 10.3 Å². The molecule has 1 amide bonds. The van der Waals surface area contributed by atoms with Gasteiger partial charge in [0.1, 0.15) is 5.60 Å². The molecule has 0 aliphatic carbocycles. The van der Waals surface area contributed by atoms with Crippen molar-refractivity contribution in [2.24, 2.45) is 0 Å². The number of rotatable bonds is 4. The minimum atomic E-state index is -0.738. The molecule has 0 unspecified atom stereocenters. The van der Waals surface area contributed by atoms with Crippen LogP contribution in [0.25, 0.3) is 6.08 Å². The molecule has 0 aromatic carbocycles. The maximum Gasteiger partial charge on any atom is 0.492 e. The fraction of sp³-hybridized carbons (Fsp3) is 0.579. The minimum absolute atomic E-state index is 0.0810. The summed E-state index contributed by atoms with van der Waals surface area (Å²) >= 11 is 6.00. The fourth-order valence-electron chi connectivity index (χ4n) is 2.47. The molecule has 7 nitrogen and oxygen atoms in total. The largest absolute Gasteiger partial charge is 0.492 e. The van der Waals surface area contributed by atoms with Crippen LogP contribution in [0.1, 0.15) is 54.0 Å². The number of aromatic nitrogens is 1. The minimum Gasteiger partial charge on any atom is -0.444 e. The van der Waals surface area contributed by atoms with Crippen molar-refractivity contribution >= 4 is 30.9 Å². The number of aromatic amines is 1. The lowest BCUT2D eigenvalue weighted by atomic mass is 9.77. The number of H-pyrrole nitrogens is 1. The van der Waals surface area contributed by atoms with Crippen molar-refractivity contribution in [1.82, 2.24) is 10.3 Å². The van der Waals surface area contributed by atoms with Crippen molar-refractivity contribution in [3.8, 4) is 0 Å². The average molecular weight is 411 g/mol. The Hall–Kier alpha value is -1.77. The Kier molecular flexibility index (Phi) is 6.38. The van der Waals surface area contributed by atoms with Gasteiger partial charge in [-0.3, -0.25) is 4.79 Å². The van der Waals surface area contributed by atoms with Crippen LogP contribution in [0.3, 0.4) is 0 Å². The van der Waals surface area contributed by atoms with Crippen LogP contribution in [0.2, 0.25) is 5.02 Å². The normalized spacial score (nSPS) is 18.9. The molecule has 1 aliphatic heterocycles. The number of halogens is 1. The molecule has 0 saturated carbocycles. The lowest BCUT2D eigenvalue weighted by Gasteiger charge is -2.32. The van der Waals surface area contributed by atoms with Gasteiger partial charge in [-0.1, -0.05) is 17.7 Å². The highest BCUT2D eigenvalue weighted by molar-refractivity contribution is 6.56. The lowest BCUT2D eigenvalue weighted by Crippen LogP contribution is -2.41. The second-order valence-electron chi connectivity index (χ2n) is 8.77. The predicted octanol–water partition coefficient (Wildman–Crippen LogP) is 3.57. The lowest BCUT2D eigenvalue weighted by molar-refractivity contribution is 0.00578. The van der Waals surface area contributed by atoms with E-state index in [1.54, 1.807) is 32.9 Å². The monoisotopic (exact) mass is 410 g/mol. The van der Waals surface area contributed by atoms with Gasteiger partial charge >= 0.3 is 13.2 Å². The Bertz CT molecular complexity index is 810. The maximum absolute atomic E-state index is 12.1. The highest BCUT2D eigenvalue weighted by Crippen LogP contribution is 2.38. The van der Waals surface area contributed by atoms with Crippen LogP contribution in [0.4, 0.5) is 4.79 Å². The molecule has 1 fully saturated rings. The topological polar surface area (TPSA) is 89.7 Å². The third kappa shape index (κ3) is 5.62. The highest BCUT2D eigenvalue weighted by atomic mass is 35.5. The van der Waals surface area contributed by atoms with E-state index in [1.807, 2.05) is 27.7 Å². The molecule has 1 aromatic heterocycles. The predicted molar refractivity (Wildman–Crippen MR) is 110 cm³/mol. The Morgan fingerprint density at radius 1 is 1.29 bits per heavy atom. The summed E-state index contributed by atoms with van der Waals surface area (Å²) in [6.45, 7) is 13.1. The molecule has 0 bridgehead atoms. The van der Waals surface area contributed by atoms with Gasteiger partial charge in [0.15, 0.2) is 0 Å². The molecule has 1 aromatic rings. The number of ether oxygens (including phenoxy) is 1. The van der Waals surface area contributed by atoms with Crippen LogP contribution >= 0.6 is 11.6 Å². The van der Waals surface area contributed by atoms with E-state index < -0.39 is 30.0 Å². The van der Waals surface area contributed by atoms with Gasteiger partial charge in [0, 0.05) is 18.3 Å². The molecule has 154 valence electrons. The van der Waals surface area contributed by atoms with Gasteiger partial charge in [-0.25, -0.2) is 4.79 Å². The zero-order valence-electron chi connectivity index (χ0n) is 17.4. The van der Waals surface area contributed by atoms with E-state index in [0.717, 1.165) is 0 Å². The summed E-state index contributed by atoms with van der Waals surface area (Å²) in [4.78, 5) is 26.8. The Morgan fingerprint density at radius 3 is 2.39 bits per heavy atom. The molecule has 2 rings (SSSR count). The van der Waals surface area contributed by atoms with Crippen molar-refractivity contribution in [1.29, 1.82) is 0 Å². The Labute approximate surface area is 170 Å². The summed E-state index contributed by atoms with van der Waals surface area (Å²) in [5.41, 5.74) is -1.16. The number of alkyl carbamates (subject to hydrolysis) is 1. The SMILES string of the molecule is CC(C)(C)OC(=O)NCC(=Cc1cc(Cl)c[nH]c1=O)B1OC(C)(C)C(C)(C)O1. The smallest absolute Gasteiger partial charge is 0.444 e. The first-order valence-corrected chi connectivity index (χ1v) is 9.49. The van der Waals surface area contributed by atoms with E-state index in [0.29, 0.717) is 16.1 Å². The van der Waals surface area contributed by atoms with Gasteiger partial charge in [0.05, 0.1) is 16.2 Å². The van der Waals surface area contributed by atoms with Crippen molar-refractivity contribution in [3.63, 3.8) is 0 Å². The number of pyridine rings is 1. The van der Waals surface area contributed by atoms with Gasteiger partial charge in [-0.05, 0) is 60.0 Å². The maximum atomic E-state index is 12.1. The molecular weight excluding hydrogens is 382 g/mol. The van der Waals surface area contributed by atoms with Gasteiger partial charge in [-0.2, -0.15) is 0 Å². The molecule has 0 atom stereocenters. The van der Waals surface area contributed by atoms with Crippen molar-refractivity contribution in [3.05, 3.63) is 38.7 Å². The second-order valence-corrected chi connectivity index (χ2v) is 9.20. The van der Waals surface area contributed by atoms with Crippen molar-refractivity contribution in [2.75, 3.05) is 6.54 Å². The summed E-state index contributed by atoms with van der Waals surface area (Å²) in [6, 6.07) is 1.54. The molecule has 1 saturated heterocycles. The van der Waals surface area contributed by atoms with Gasteiger partial charge in [0.2, 0.25) is 0 Å². The number of hydrogen-bond donors (Lipinski definition) is 2. The first-order valence-electron chi connectivity index (χ1n) is 9.11. The molecule has 0 radical (unpaired) electrons. The van der Waals surface area contributed by atoms with Crippen LogP contribution < -0.4 is 10.9 Å². The van der Waals surface area contributed by atoms with Gasteiger partial charge < -0.3 is 24.3 Å². The number of hydrogen-bond acceptors (Lipinski definition) is 5. The number of carbonyl (C=O) groups is 1. The van der Waals surface area contributed by atoms with Crippen LogP contribution in [-0.2, 0) is 14.0 Å². The third-order valence-corrected chi connectivity index (χ3v) is 4.85.